The summed E-state index contributed by atoms with van der Waals surface area (Å²) in [6.45, 7) is -0.890. The van der Waals surface area contributed by atoms with Gasteiger partial charge in [0.05, 0.1) is 5.56 Å². The van der Waals surface area contributed by atoms with E-state index in [9.17, 15) is 22.0 Å². The predicted octanol–water partition coefficient (Wildman–Crippen LogP) is 2.76. The first-order valence-corrected chi connectivity index (χ1v) is 6.03. The summed E-state index contributed by atoms with van der Waals surface area (Å²) in [4.78, 5) is 4.61. The third kappa shape index (κ3) is 3.05. The van der Waals surface area contributed by atoms with E-state index in [0.717, 1.165) is 0 Å². The van der Waals surface area contributed by atoms with Crippen molar-refractivity contribution < 1.29 is 31.4 Å². The molecule has 116 valence electrons. The number of hydrogen-bond donors (Lipinski definition) is 0. The summed E-state index contributed by atoms with van der Waals surface area (Å²) in [5, 5.41) is 3.44. The van der Waals surface area contributed by atoms with E-state index in [1.807, 2.05) is 0 Å². The number of aromatic nitrogens is 1. The van der Waals surface area contributed by atoms with Gasteiger partial charge in [-0.25, -0.2) is 26.5 Å². The molecule has 0 atom stereocenters. The number of hydrogen-bond acceptors (Lipinski definition) is 2. The Morgan fingerprint density at radius 2 is 1.59 bits per heavy atom. The molecule has 0 spiro atoms. The van der Waals surface area contributed by atoms with Crippen molar-refractivity contribution in [3.05, 3.63) is 64.7 Å². The molecule has 1 aromatic heterocycles. The second-order valence-electron chi connectivity index (χ2n) is 4.29. The lowest BCUT2D eigenvalue weighted by Gasteiger charge is -2.06. The van der Waals surface area contributed by atoms with E-state index < -0.39 is 41.3 Å². The van der Waals surface area contributed by atoms with E-state index in [1.165, 1.54) is 6.21 Å². The third-order valence-corrected chi connectivity index (χ3v) is 2.86. The molecule has 1 heterocycles. The topological polar surface area (TPSA) is 25.5 Å². The second-order valence-corrected chi connectivity index (χ2v) is 4.29. The highest BCUT2D eigenvalue weighted by Gasteiger charge is 2.25. The van der Waals surface area contributed by atoms with Crippen LogP contribution in [0.15, 0.2) is 29.6 Å². The number of aryl methyl sites for hydroxylation is 1. The Labute approximate surface area is 122 Å². The van der Waals surface area contributed by atoms with Gasteiger partial charge in [0.15, 0.2) is 29.5 Å². The quantitative estimate of drug-likeness (QED) is 0.213. The molecule has 0 fully saturated rings. The number of halogens is 5. The zero-order valence-corrected chi connectivity index (χ0v) is 11.3. The maximum atomic E-state index is 13.4. The fourth-order valence-electron chi connectivity index (χ4n) is 1.64. The lowest BCUT2D eigenvalue weighted by atomic mass is 10.2. The van der Waals surface area contributed by atoms with Crippen LogP contribution in [-0.4, -0.2) is 6.21 Å². The second kappa shape index (κ2) is 6.50. The van der Waals surface area contributed by atoms with Crippen LogP contribution in [0, 0.1) is 29.1 Å². The van der Waals surface area contributed by atoms with Gasteiger partial charge in [-0.1, -0.05) is 5.16 Å². The first kappa shape index (κ1) is 15.9. The number of oxime groups is 1. The summed E-state index contributed by atoms with van der Waals surface area (Å²) in [5.41, 5.74) is -0.467. The van der Waals surface area contributed by atoms with Gasteiger partial charge in [0.1, 0.15) is 19.9 Å². The molecule has 0 aliphatic carbocycles. The molecule has 0 radical (unpaired) electrons. The monoisotopic (exact) mass is 317 g/mol. The van der Waals surface area contributed by atoms with Gasteiger partial charge in [-0.15, -0.1) is 0 Å². The van der Waals surface area contributed by atoms with Gasteiger partial charge in [-0.2, -0.15) is 0 Å². The van der Waals surface area contributed by atoms with Crippen LogP contribution in [0.25, 0.3) is 0 Å². The lowest BCUT2D eigenvalue weighted by Crippen LogP contribution is -2.32. The van der Waals surface area contributed by atoms with E-state index in [0.29, 0.717) is 5.69 Å². The normalized spacial score (nSPS) is 11.2. The van der Waals surface area contributed by atoms with E-state index in [-0.39, 0.29) is 0 Å². The Balaban J connectivity index is 2.15. The van der Waals surface area contributed by atoms with Gasteiger partial charge in [-0.3, -0.25) is 0 Å². The highest BCUT2D eigenvalue weighted by atomic mass is 19.2. The summed E-state index contributed by atoms with van der Waals surface area (Å²) in [7, 11) is 1.73. The zero-order valence-electron chi connectivity index (χ0n) is 11.3. The zero-order chi connectivity index (χ0) is 16.3. The van der Waals surface area contributed by atoms with E-state index in [2.05, 4.69) is 9.99 Å². The van der Waals surface area contributed by atoms with Crippen LogP contribution in [0.1, 0.15) is 11.3 Å². The van der Waals surface area contributed by atoms with Crippen molar-refractivity contribution in [1.29, 1.82) is 0 Å². The fraction of sp³-hybridized carbons (Fsp3) is 0.143. The molecule has 2 rings (SSSR count). The number of benzene rings is 1. The van der Waals surface area contributed by atoms with Gasteiger partial charge in [-0.05, 0) is 6.07 Å². The van der Waals surface area contributed by atoms with Gasteiger partial charge in [0.25, 0.3) is 0 Å². The molecule has 0 bridgehead atoms. The number of rotatable bonds is 4. The Bertz CT molecular complexity index is 704. The fourth-order valence-corrected chi connectivity index (χ4v) is 1.64. The lowest BCUT2D eigenvalue weighted by molar-refractivity contribution is -0.672. The van der Waals surface area contributed by atoms with Crippen LogP contribution < -0.4 is 4.57 Å². The average molecular weight is 317 g/mol. The van der Waals surface area contributed by atoms with Gasteiger partial charge < -0.3 is 4.84 Å². The van der Waals surface area contributed by atoms with Crippen LogP contribution >= 0.6 is 0 Å². The minimum atomic E-state index is -2.21. The molecule has 1 aromatic carbocycles. The molecule has 8 heteroatoms. The maximum Gasteiger partial charge on any atom is 0.226 e. The van der Waals surface area contributed by atoms with Crippen LogP contribution in [0.3, 0.4) is 0 Å². The maximum absolute atomic E-state index is 13.4. The Morgan fingerprint density at radius 1 is 1.00 bits per heavy atom. The van der Waals surface area contributed by atoms with Crippen molar-refractivity contribution in [3.63, 3.8) is 0 Å². The van der Waals surface area contributed by atoms with Crippen molar-refractivity contribution >= 4 is 6.21 Å². The van der Waals surface area contributed by atoms with Crippen molar-refractivity contribution in [2.45, 2.75) is 6.61 Å². The summed E-state index contributed by atoms with van der Waals surface area (Å²) in [6.07, 6.45) is 2.97. The minimum absolute atomic E-state index is 0.611. The minimum Gasteiger partial charge on any atom is -0.391 e. The Hall–Kier alpha value is -2.51. The van der Waals surface area contributed by atoms with Crippen molar-refractivity contribution in [2.75, 3.05) is 0 Å². The molecule has 0 N–H and O–H groups in total. The van der Waals surface area contributed by atoms with Gasteiger partial charge >= 0.3 is 0 Å². The van der Waals surface area contributed by atoms with Crippen LogP contribution in [0.2, 0.25) is 0 Å². The predicted molar refractivity (Wildman–Crippen MR) is 66.2 cm³/mol. The average Bonchev–Trinajstić information content (AvgIpc) is 2.52. The van der Waals surface area contributed by atoms with Crippen molar-refractivity contribution in [2.24, 2.45) is 12.2 Å². The highest BCUT2D eigenvalue weighted by molar-refractivity contribution is 5.74. The molecule has 2 aromatic rings. The molecule has 3 nitrogen and oxygen atoms in total. The highest BCUT2D eigenvalue weighted by Crippen LogP contribution is 2.23. The molecule has 0 unspecified atom stereocenters. The summed E-state index contributed by atoms with van der Waals surface area (Å²) < 4.78 is 67.2. The van der Waals surface area contributed by atoms with Crippen molar-refractivity contribution in [1.82, 2.24) is 0 Å². The van der Waals surface area contributed by atoms with Crippen molar-refractivity contribution in [3.8, 4) is 0 Å². The molecular formula is C14H10F5N2O+. The molecule has 0 amide bonds. The van der Waals surface area contributed by atoms with Crippen LogP contribution in [0.4, 0.5) is 22.0 Å². The first-order chi connectivity index (χ1) is 10.4. The van der Waals surface area contributed by atoms with E-state index >= 15 is 0 Å². The molecule has 0 saturated heterocycles. The van der Waals surface area contributed by atoms with Crippen LogP contribution in [-0.2, 0) is 18.5 Å². The molecule has 0 saturated carbocycles. The van der Waals surface area contributed by atoms with Gasteiger partial charge in [0.2, 0.25) is 11.5 Å². The number of pyridine rings is 1. The van der Waals surface area contributed by atoms with Crippen LogP contribution in [0.5, 0.6) is 0 Å². The summed E-state index contributed by atoms with van der Waals surface area (Å²) in [6, 6.07) is 5.18. The Kier molecular flexibility index (Phi) is 4.69. The molecular weight excluding hydrogens is 307 g/mol. The van der Waals surface area contributed by atoms with E-state index in [4.69, 9.17) is 0 Å². The molecule has 0 aliphatic heterocycles. The van der Waals surface area contributed by atoms with Gasteiger partial charge in [0, 0.05) is 12.1 Å². The molecule has 22 heavy (non-hydrogen) atoms. The smallest absolute Gasteiger partial charge is 0.226 e. The summed E-state index contributed by atoms with van der Waals surface area (Å²) in [5.74, 6) is -10.1. The largest absolute Gasteiger partial charge is 0.391 e. The molecule has 0 aliphatic rings. The SMILES string of the molecule is C[n+]1ccccc1/C=N/OCc1c(F)c(F)c(F)c(F)c1F. The first-order valence-electron chi connectivity index (χ1n) is 6.03. The summed E-state index contributed by atoms with van der Waals surface area (Å²) >= 11 is 0. The number of nitrogens with zero attached hydrogens (tertiary/aromatic N) is 2. The third-order valence-electron chi connectivity index (χ3n) is 2.86. The Morgan fingerprint density at radius 3 is 2.18 bits per heavy atom. The standard InChI is InChI=1S/C14H10F5N2O/c1-21-5-3-2-4-8(21)6-20-22-7-9-10(15)12(17)14(19)13(18)11(9)16/h2-6H,7H2,1H3/q+1/b20-6+. The van der Waals surface area contributed by atoms with E-state index in [1.54, 1.807) is 36.0 Å².